The summed E-state index contributed by atoms with van der Waals surface area (Å²) in [6.07, 6.45) is 0.538. The minimum absolute atomic E-state index is 0.0589. The Labute approximate surface area is 195 Å². The van der Waals surface area contributed by atoms with Crippen LogP contribution in [0.1, 0.15) is 67.9 Å². The maximum absolute atomic E-state index is 13.5. The van der Waals surface area contributed by atoms with Crippen molar-refractivity contribution >= 4 is 29.5 Å². The maximum atomic E-state index is 13.5. The third-order valence-electron chi connectivity index (χ3n) is 7.54. The van der Waals surface area contributed by atoms with Crippen molar-refractivity contribution in [3.05, 3.63) is 53.3 Å². The number of nitrogens with zero attached hydrogens (tertiary/aromatic N) is 2. The number of hydrogen-bond acceptors (Lipinski definition) is 5. The van der Waals surface area contributed by atoms with E-state index in [2.05, 4.69) is 9.88 Å². The van der Waals surface area contributed by atoms with Gasteiger partial charge in [-0.25, -0.2) is 4.98 Å². The summed E-state index contributed by atoms with van der Waals surface area (Å²) in [4.78, 5) is 18.0. The second-order valence-electron chi connectivity index (χ2n) is 10.0. The lowest BCUT2D eigenvalue weighted by molar-refractivity contribution is -0.0493. The van der Waals surface area contributed by atoms with E-state index in [9.17, 15) is 13.6 Å². The number of carbonyl (C=O) groups is 1. The van der Waals surface area contributed by atoms with E-state index in [0.29, 0.717) is 23.0 Å². The summed E-state index contributed by atoms with van der Waals surface area (Å²) in [5.41, 5.74) is 1.58. The van der Waals surface area contributed by atoms with Crippen LogP contribution in [-0.4, -0.2) is 40.4 Å². The summed E-state index contributed by atoms with van der Waals surface area (Å²) in [7, 11) is -0.989. The molecule has 1 fully saturated rings. The number of hydrogen-bond donors (Lipinski definition) is 1. The molecule has 3 aliphatic heterocycles. The van der Waals surface area contributed by atoms with Crippen LogP contribution in [0.5, 0.6) is 5.75 Å². The van der Waals surface area contributed by atoms with Gasteiger partial charge in [-0.2, -0.15) is 8.78 Å². The lowest BCUT2D eigenvalue weighted by atomic mass is 9.71. The molecule has 7 nitrogen and oxygen atoms in total. The second kappa shape index (κ2) is 7.02. The third kappa shape index (κ3) is 2.94. The zero-order chi connectivity index (χ0) is 24.0. The number of fused-ring (bicyclic) bond motifs is 9. The van der Waals surface area contributed by atoms with Crippen LogP contribution in [0, 0.1) is 0 Å². The number of ether oxygens (including phenoxy) is 1. The predicted octanol–water partition coefficient (Wildman–Crippen LogP) is 3.71. The average molecular weight is 467 g/mol. The quantitative estimate of drug-likeness (QED) is 0.595. The Kier molecular flexibility index (Phi) is 4.45. The van der Waals surface area contributed by atoms with Gasteiger partial charge in [0, 0.05) is 11.0 Å². The Balaban J connectivity index is 1.62. The molecule has 10 heteroatoms. The van der Waals surface area contributed by atoms with Gasteiger partial charge in [0.15, 0.2) is 0 Å². The van der Waals surface area contributed by atoms with E-state index in [1.165, 1.54) is 12.1 Å². The van der Waals surface area contributed by atoms with E-state index in [0.717, 1.165) is 16.9 Å². The molecule has 1 amide bonds. The molecule has 0 spiro atoms. The van der Waals surface area contributed by atoms with Gasteiger partial charge in [0.2, 0.25) is 0 Å². The van der Waals surface area contributed by atoms with Crippen LogP contribution in [0.3, 0.4) is 0 Å². The van der Waals surface area contributed by atoms with Crippen LogP contribution in [0.4, 0.5) is 8.78 Å². The molecule has 1 saturated heterocycles. The molecule has 6 rings (SSSR count). The first kappa shape index (κ1) is 21.6. The molecule has 34 heavy (non-hydrogen) atoms. The van der Waals surface area contributed by atoms with E-state index < -0.39 is 24.9 Å². The number of rotatable bonds is 3. The normalized spacial score (nSPS) is 24.2. The third-order valence-corrected chi connectivity index (χ3v) is 7.54. The van der Waals surface area contributed by atoms with Gasteiger partial charge in [0.25, 0.3) is 5.91 Å². The van der Waals surface area contributed by atoms with Crippen LogP contribution >= 0.6 is 0 Å². The molecule has 4 heterocycles. The van der Waals surface area contributed by atoms with E-state index in [-0.39, 0.29) is 23.7 Å². The Hall–Kier alpha value is -2.98. The highest BCUT2D eigenvalue weighted by molar-refractivity contribution is 6.64. The van der Waals surface area contributed by atoms with Crippen molar-refractivity contribution in [3.63, 3.8) is 0 Å². The van der Waals surface area contributed by atoms with Crippen LogP contribution in [-0.2, 0) is 9.31 Å². The highest BCUT2D eigenvalue weighted by Gasteiger charge is 2.55. The summed E-state index contributed by atoms with van der Waals surface area (Å²) in [5, 5.41) is 3.06. The monoisotopic (exact) mass is 467 g/mol. The van der Waals surface area contributed by atoms with E-state index in [1.54, 1.807) is 0 Å². The van der Waals surface area contributed by atoms with Crippen molar-refractivity contribution in [3.8, 4) is 5.75 Å². The molecule has 0 aliphatic carbocycles. The molecule has 2 atom stereocenters. The molecule has 0 radical (unpaired) electrons. The number of carbonyl (C=O) groups excluding carboxylic acids is 1. The van der Waals surface area contributed by atoms with Crippen molar-refractivity contribution in [1.29, 1.82) is 0 Å². The number of benzene rings is 2. The highest BCUT2D eigenvalue weighted by atomic mass is 19.3. The largest absolute Gasteiger partial charge is 0.499 e. The van der Waals surface area contributed by atoms with Crippen LogP contribution in [0.2, 0.25) is 0 Å². The first-order valence-corrected chi connectivity index (χ1v) is 11.3. The van der Waals surface area contributed by atoms with E-state index >= 15 is 0 Å². The summed E-state index contributed by atoms with van der Waals surface area (Å²) < 4.78 is 46.5. The first-order chi connectivity index (χ1) is 16.1. The van der Waals surface area contributed by atoms with Gasteiger partial charge in [-0.05, 0) is 63.9 Å². The van der Waals surface area contributed by atoms with Crippen molar-refractivity contribution in [2.24, 2.45) is 0 Å². The van der Waals surface area contributed by atoms with Gasteiger partial charge in [-0.3, -0.25) is 4.79 Å². The number of imidazole rings is 1. The highest BCUT2D eigenvalue weighted by Crippen LogP contribution is 2.46. The first-order valence-electron chi connectivity index (χ1n) is 11.3. The zero-order valence-electron chi connectivity index (χ0n) is 19.3. The number of nitrogens with one attached hydrogen (secondary N) is 1. The van der Waals surface area contributed by atoms with Crippen LogP contribution in [0.25, 0.3) is 11.0 Å². The van der Waals surface area contributed by atoms with E-state index in [1.807, 2.05) is 52.0 Å². The SMILES string of the molecule is CC1(C)OB(c2c(OC(F)F)ccc3c2[C@H]2C[C@@H](NC3=O)c3nc4ccccc4n32)OC1(C)C. The van der Waals surface area contributed by atoms with E-state index in [4.69, 9.17) is 19.0 Å². The number of aromatic nitrogens is 2. The van der Waals surface area contributed by atoms with Crippen molar-refractivity contribution in [2.45, 2.75) is 64.0 Å². The fourth-order valence-corrected chi connectivity index (χ4v) is 5.25. The summed E-state index contributed by atoms with van der Waals surface area (Å²) in [5.74, 6) is 0.392. The van der Waals surface area contributed by atoms with Crippen LogP contribution < -0.4 is 15.5 Å². The second-order valence-corrected chi connectivity index (χ2v) is 10.0. The van der Waals surface area contributed by atoms with Crippen LogP contribution in [0.15, 0.2) is 36.4 Å². The standard InChI is InChI=1S/C24H24BF2N3O4/c1-23(2)24(3,4)34-25(33-23)19-17(32-22(26)27)10-9-12-18(19)16-11-14(29-21(12)31)20-28-13-7-5-6-8-15(13)30(16)20/h5-10,14,16,22H,11H2,1-4H3,(H,29,31)/t14-,16-/m1/s1. The lowest BCUT2D eigenvalue weighted by Crippen LogP contribution is -2.41. The Morgan fingerprint density at radius 1 is 1.15 bits per heavy atom. The molecular weight excluding hydrogens is 443 g/mol. The van der Waals surface area contributed by atoms with Gasteiger partial charge in [-0.15, -0.1) is 0 Å². The van der Waals surface area contributed by atoms with Gasteiger partial charge in [0.1, 0.15) is 11.6 Å². The molecule has 2 aromatic carbocycles. The molecule has 1 N–H and O–H groups in total. The van der Waals surface area contributed by atoms with Crippen molar-refractivity contribution in [2.75, 3.05) is 0 Å². The molecule has 0 unspecified atom stereocenters. The number of halogens is 2. The Morgan fingerprint density at radius 3 is 2.56 bits per heavy atom. The minimum Gasteiger partial charge on any atom is -0.435 e. The summed E-state index contributed by atoms with van der Waals surface area (Å²) in [6.45, 7) is 4.52. The summed E-state index contributed by atoms with van der Waals surface area (Å²) in [6, 6.07) is 10.0. The maximum Gasteiger partial charge on any atom is 0.499 e. The minimum atomic E-state index is -3.04. The predicted molar refractivity (Wildman–Crippen MR) is 121 cm³/mol. The van der Waals surface area contributed by atoms with Gasteiger partial charge < -0.3 is 23.9 Å². The summed E-state index contributed by atoms with van der Waals surface area (Å²) >= 11 is 0. The molecule has 1 aromatic heterocycles. The fourth-order valence-electron chi connectivity index (χ4n) is 5.25. The molecule has 0 saturated carbocycles. The smallest absolute Gasteiger partial charge is 0.435 e. The fraction of sp³-hybridized carbons (Fsp3) is 0.417. The topological polar surface area (TPSA) is 74.6 Å². The molecular formula is C24H24BF2N3O4. The molecule has 176 valence electrons. The van der Waals surface area contributed by atoms with Gasteiger partial charge in [-0.1, -0.05) is 12.1 Å². The van der Waals surface area contributed by atoms with Crippen molar-refractivity contribution < 1.29 is 27.6 Å². The average Bonchev–Trinajstić information content (AvgIpc) is 3.32. The number of alkyl halides is 2. The lowest BCUT2D eigenvalue weighted by Gasteiger charge is -2.32. The van der Waals surface area contributed by atoms with Crippen molar-refractivity contribution in [1.82, 2.24) is 14.9 Å². The Morgan fingerprint density at radius 2 is 1.85 bits per heavy atom. The number of para-hydroxylation sites is 2. The zero-order valence-corrected chi connectivity index (χ0v) is 19.3. The Bertz CT molecular complexity index is 1320. The van der Waals surface area contributed by atoms with Gasteiger partial charge in [0.05, 0.1) is 34.3 Å². The van der Waals surface area contributed by atoms with Gasteiger partial charge >= 0.3 is 13.7 Å². The molecule has 2 bridgehead atoms. The molecule has 3 aliphatic rings. The molecule has 3 aromatic rings. The number of amides is 1.